The standard InChI is InChI=1S/C15H12N2O2/c18-13-8-12(15(19)11-6-7-16-14(11)13)17-9-10-4-2-1-3-5-10/h1-8,16-17H,9H2. The number of fused-ring (bicyclic) bond motifs is 1. The first-order chi connectivity index (χ1) is 9.25. The van der Waals surface area contributed by atoms with Crippen LogP contribution in [0, 0.1) is 0 Å². The number of allylic oxidation sites excluding steroid dienone is 2. The lowest BCUT2D eigenvalue weighted by Gasteiger charge is -2.13. The minimum absolute atomic E-state index is 0.146. The van der Waals surface area contributed by atoms with Crippen molar-refractivity contribution in [2.75, 3.05) is 0 Å². The molecule has 1 heterocycles. The van der Waals surface area contributed by atoms with E-state index in [9.17, 15) is 9.59 Å². The second-order valence-corrected chi connectivity index (χ2v) is 4.36. The van der Waals surface area contributed by atoms with Gasteiger partial charge in [-0.3, -0.25) is 9.59 Å². The summed E-state index contributed by atoms with van der Waals surface area (Å²) < 4.78 is 0. The Kier molecular flexibility index (Phi) is 2.76. The Balaban J connectivity index is 1.79. The van der Waals surface area contributed by atoms with Crippen LogP contribution in [0.3, 0.4) is 0 Å². The number of rotatable bonds is 3. The van der Waals surface area contributed by atoms with Crippen molar-refractivity contribution in [1.29, 1.82) is 0 Å². The zero-order valence-corrected chi connectivity index (χ0v) is 10.1. The van der Waals surface area contributed by atoms with Crippen molar-refractivity contribution < 1.29 is 9.59 Å². The Morgan fingerprint density at radius 1 is 1.05 bits per heavy atom. The highest BCUT2D eigenvalue weighted by atomic mass is 16.1. The molecule has 4 nitrogen and oxygen atoms in total. The van der Waals surface area contributed by atoms with Crippen molar-refractivity contribution in [3.63, 3.8) is 0 Å². The number of aromatic amines is 1. The van der Waals surface area contributed by atoms with Crippen LogP contribution in [-0.4, -0.2) is 16.6 Å². The summed E-state index contributed by atoms with van der Waals surface area (Å²) in [7, 11) is 0. The molecule has 0 amide bonds. The van der Waals surface area contributed by atoms with E-state index in [1.807, 2.05) is 30.3 Å². The fourth-order valence-corrected chi connectivity index (χ4v) is 2.10. The molecule has 0 radical (unpaired) electrons. The van der Waals surface area contributed by atoms with E-state index in [1.54, 1.807) is 12.3 Å². The van der Waals surface area contributed by atoms with Crippen LogP contribution in [0.15, 0.2) is 54.4 Å². The number of hydrogen-bond donors (Lipinski definition) is 2. The first-order valence-electron chi connectivity index (χ1n) is 6.01. The van der Waals surface area contributed by atoms with Crippen molar-refractivity contribution in [1.82, 2.24) is 10.3 Å². The fourth-order valence-electron chi connectivity index (χ4n) is 2.10. The van der Waals surface area contributed by atoms with Gasteiger partial charge in [0.2, 0.25) is 11.6 Å². The molecule has 94 valence electrons. The van der Waals surface area contributed by atoms with Gasteiger partial charge in [-0.25, -0.2) is 0 Å². The van der Waals surface area contributed by atoms with E-state index in [1.165, 1.54) is 6.08 Å². The van der Waals surface area contributed by atoms with Gasteiger partial charge in [-0.1, -0.05) is 30.3 Å². The number of carbonyl (C=O) groups is 2. The third-order valence-electron chi connectivity index (χ3n) is 3.08. The summed E-state index contributed by atoms with van der Waals surface area (Å²) in [6.07, 6.45) is 2.96. The Morgan fingerprint density at radius 3 is 2.63 bits per heavy atom. The molecule has 1 aliphatic carbocycles. The van der Waals surface area contributed by atoms with Crippen LogP contribution in [0.1, 0.15) is 26.4 Å². The van der Waals surface area contributed by atoms with Gasteiger partial charge in [-0.05, 0) is 11.6 Å². The molecule has 0 atom stereocenters. The summed E-state index contributed by atoms with van der Waals surface area (Å²) in [6.45, 7) is 0.519. The number of hydrogen-bond acceptors (Lipinski definition) is 3. The minimum Gasteiger partial charge on any atom is -0.378 e. The molecule has 2 N–H and O–H groups in total. The van der Waals surface area contributed by atoms with Crippen molar-refractivity contribution in [3.05, 3.63) is 71.2 Å². The largest absolute Gasteiger partial charge is 0.378 e. The molecule has 0 spiro atoms. The Hall–Kier alpha value is -2.62. The number of carbonyl (C=O) groups excluding carboxylic acids is 2. The second-order valence-electron chi connectivity index (χ2n) is 4.36. The minimum atomic E-state index is -0.171. The summed E-state index contributed by atoms with van der Waals surface area (Å²) >= 11 is 0. The van der Waals surface area contributed by atoms with Crippen molar-refractivity contribution in [2.24, 2.45) is 0 Å². The average molecular weight is 252 g/mol. The quantitative estimate of drug-likeness (QED) is 0.879. The Morgan fingerprint density at radius 2 is 1.84 bits per heavy atom. The number of aromatic nitrogens is 1. The Bertz CT molecular complexity index is 668. The van der Waals surface area contributed by atoms with Crippen LogP contribution in [0.5, 0.6) is 0 Å². The second kappa shape index (κ2) is 4.57. The van der Waals surface area contributed by atoms with E-state index in [0.717, 1.165) is 5.56 Å². The van der Waals surface area contributed by atoms with Gasteiger partial charge in [-0.2, -0.15) is 0 Å². The van der Waals surface area contributed by atoms with Crippen molar-refractivity contribution in [3.8, 4) is 0 Å². The maximum atomic E-state index is 12.1. The molecule has 1 aliphatic rings. The zero-order valence-electron chi connectivity index (χ0n) is 10.1. The number of benzene rings is 1. The Labute approximate surface area is 110 Å². The van der Waals surface area contributed by atoms with Crippen LogP contribution in [0.25, 0.3) is 0 Å². The van der Waals surface area contributed by atoms with Gasteiger partial charge in [0.15, 0.2) is 0 Å². The predicted molar refractivity (Wildman–Crippen MR) is 70.8 cm³/mol. The molecule has 4 heteroatoms. The molecule has 19 heavy (non-hydrogen) atoms. The maximum absolute atomic E-state index is 12.1. The molecule has 1 aromatic carbocycles. The average Bonchev–Trinajstić information content (AvgIpc) is 2.92. The van der Waals surface area contributed by atoms with Gasteiger partial charge in [-0.15, -0.1) is 0 Å². The molecule has 2 aromatic rings. The van der Waals surface area contributed by atoms with Gasteiger partial charge >= 0.3 is 0 Å². The van der Waals surface area contributed by atoms with Gasteiger partial charge in [0.05, 0.1) is 17.0 Å². The molecule has 3 rings (SSSR count). The lowest BCUT2D eigenvalue weighted by Crippen LogP contribution is -2.26. The van der Waals surface area contributed by atoms with Crippen molar-refractivity contribution >= 4 is 11.6 Å². The van der Waals surface area contributed by atoms with Gasteiger partial charge in [0.1, 0.15) is 0 Å². The van der Waals surface area contributed by atoms with Gasteiger partial charge < -0.3 is 10.3 Å². The molecule has 0 bridgehead atoms. The smallest absolute Gasteiger partial charge is 0.211 e. The molecule has 0 aliphatic heterocycles. The van der Waals surface area contributed by atoms with Crippen molar-refractivity contribution in [2.45, 2.75) is 6.54 Å². The van der Waals surface area contributed by atoms with Gasteiger partial charge in [0.25, 0.3) is 0 Å². The highest BCUT2D eigenvalue weighted by molar-refractivity contribution is 6.23. The summed E-state index contributed by atoms with van der Waals surface area (Å²) in [4.78, 5) is 26.7. The molecule has 0 fully saturated rings. The molecule has 0 unspecified atom stereocenters. The molecule has 1 aromatic heterocycles. The maximum Gasteiger partial charge on any atom is 0.211 e. The van der Waals surface area contributed by atoms with Crippen LogP contribution in [0.2, 0.25) is 0 Å². The fraction of sp³-hybridized carbons (Fsp3) is 0.0667. The monoisotopic (exact) mass is 252 g/mol. The summed E-state index contributed by atoms with van der Waals surface area (Å²) in [5, 5.41) is 3.03. The number of nitrogens with one attached hydrogen (secondary N) is 2. The molecule has 0 saturated heterocycles. The highest BCUT2D eigenvalue weighted by Gasteiger charge is 2.26. The molecular formula is C15H12N2O2. The van der Waals surface area contributed by atoms with E-state index >= 15 is 0 Å². The number of ketones is 2. The van der Waals surface area contributed by atoms with E-state index in [2.05, 4.69) is 10.3 Å². The first kappa shape index (κ1) is 11.5. The van der Waals surface area contributed by atoms with Crippen LogP contribution < -0.4 is 5.32 Å². The normalized spacial score (nSPS) is 14.0. The number of Topliss-reactive ketones (excluding diaryl/α,β-unsaturated/α-hetero) is 1. The summed E-state index contributed by atoms with van der Waals surface area (Å²) in [6, 6.07) is 11.4. The first-order valence-corrected chi connectivity index (χ1v) is 6.01. The van der Waals surface area contributed by atoms with Crippen LogP contribution in [0.4, 0.5) is 0 Å². The third-order valence-corrected chi connectivity index (χ3v) is 3.08. The topological polar surface area (TPSA) is 62.0 Å². The van der Waals surface area contributed by atoms with E-state index in [0.29, 0.717) is 23.5 Å². The zero-order chi connectivity index (χ0) is 13.2. The predicted octanol–water partition coefficient (Wildman–Crippen LogP) is 2.07. The molecule has 0 saturated carbocycles. The van der Waals surface area contributed by atoms with Crippen LogP contribution in [-0.2, 0) is 6.54 Å². The van der Waals surface area contributed by atoms with E-state index in [-0.39, 0.29) is 11.6 Å². The van der Waals surface area contributed by atoms with E-state index in [4.69, 9.17) is 0 Å². The lowest BCUT2D eigenvalue weighted by molar-refractivity contribution is 0.0976. The SMILES string of the molecule is O=C1C(NCc2ccccc2)=CC(=O)c2[nH]ccc21. The third kappa shape index (κ3) is 2.08. The summed E-state index contributed by atoms with van der Waals surface area (Å²) in [5.41, 5.74) is 2.21. The number of H-pyrrole nitrogens is 1. The molecular weight excluding hydrogens is 240 g/mol. The van der Waals surface area contributed by atoms with Gasteiger partial charge in [0, 0.05) is 18.8 Å². The van der Waals surface area contributed by atoms with Crippen LogP contribution >= 0.6 is 0 Å². The lowest BCUT2D eigenvalue weighted by atomic mass is 9.99. The van der Waals surface area contributed by atoms with E-state index < -0.39 is 0 Å². The summed E-state index contributed by atoms with van der Waals surface area (Å²) in [5.74, 6) is -0.318. The highest BCUT2D eigenvalue weighted by Crippen LogP contribution is 2.18.